The fraction of sp³-hybridized carbons (Fsp3) is 0.632. The lowest BCUT2D eigenvalue weighted by atomic mass is 10.2. The van der Waals surface area contributed by atoms with Crippen molar-refractivity contribution in [3.05, 3.63) is 29.8 Å². The van der Waals surface area contributed by atoms with Gasteiger partial charge in [0, 0.05) is 45.0 Å². The highest BCUT2D eigenvalue weighted by atomic mass is 16.3. The van der Waals surface area contributed by atoms with E-state index in [1.165, 1.54) is 18.4 Å². The number of fused-ring (bicyclic) bond motifs is 1. The number of carbonyl (C=O) groups is 1. The number of amides is 1. The lowest BCUT2D eigenvalue weighted by Gasteiger charge is -2.35. The van der Waals surface area contributed by atoms with Crippen molar-refractivity contribution in [3.63, 3.8) is 0 Å². The molecule has 0 bridgehead atoms. The molecule has 0 spiro atoms. The molecule has 1 aromatic carbocycles. The molecule has 0 radical (unpaired) electrons. The molecule has 2 aliphatic heterocycles. The fourth-order valence-electron chi connectivity index (χ4n) is 3.90. The molecule has 3 aliphatic rings. The lowest BCUT2D eigenvalue weighted by molar-refractivity contribution is -0.120. The number of rotatable bonds is 5. The highest BCUT2D eigenvalue weighted by molar-refractivity contribution is 5.96. The Morgan fingerprint density at radius 1 is 1.08 bits per heavy atom. The Kier molecular flexibility index (Phi) is 4.57. The SMILES string of the molecule is O=C(CN1CCN(C[C@@H](O)C2CC2)CC1)N1CCc2ccccc21. The summed E-state index contributed by atoms with van der Waals surface area (Å²) in [5.41, 5.74) is 2.37. The number of anilines is 1. The first-order valence-electron chi connectivity index (χ1n) is 9.22. The number of nitrogens with zero attached hydrogens (tertiary/aromatic N) is 3. The molecule has 2 fully saturated rings. The van der Waals surface area contributed by atoms with Crippen LogP contribution in [0.4, 0.5) is 5.69 Å². The predicted molar refractivity (Wildman–Crippen MR) is 94.1 cm³/mol. The molecule has 24 heavy (non-hydrogen) atoms. The fourth-order valence-corrected chi connectivity index (χ4v) is 3.90. The first-order chi connectivity index (χ1) is 11.7. The van der Waals surface area contributed by atoms with E-state index >= 15 is 0 Å². The van der Waals surface area contributed by atoms with Crippen molar-refractivity contribution in [2.45, 2.75) is 25.4 Å². The van der Waals surface area contributed by atoms with Crippen LogP contribution in [0.1, 0.15) is 18.4 Å². The van der Waals surface area contributed by atoms with Gasteiger partial charge in [0.2, 0.25) is 5.91 Å². The van der Waals surface area contributed by atoms with Crippen molar-refractivity contribution in [1.29, 1.82) is 0 Å². The second kappa shape index (κ2) is 6.82. The molecule has 5 heteroatoms. The zero-order chi connectivity index (χ0) is 16.5. The van der Waals surface area contributed by atoms with Gasteiger partial charge in [-0.2, -0.15) is 0 Å². The average molecular weight is 329 g/mol. The Morgan fingerprint density at radius 3 is 2.54 bits per heavy atom. The Morgan fingerprint density at radius 2 is 1.79 bits per heavy atom. The number of aliphatic hydroxyl groups excluding tert-OH is 1. The van der Waals surface area contributed by atoms with E-state index in [-0.39, 0.29) is 12.0 Å². The summed E-state index contributed by atoms with van der Waals surface area (Å²) in [7, 11) is 0. The van der Waals surface area contributed by atoms with Gasteiger partial charge >= 0.3 is 0 Å². The Bertz CT molecular complexity index is 594. The highest BCUT2D eigenvalue weighted by Crippen LogP contribution is 2.33. The molecule has 2 heterocycles. The number of para-hydroxylation sites is 1. The van der Waals surface area contributed by atoms with Crippen LogP contribution < -0.4 is 4.90 Å². The van der Waals surface area contributed by atoms with E-state index < -0.39 is 0 Å². The van der Waals surface area contributed by atoms with E-state index in [4.69, 9.17) is 0 Å². The molecule has 5 nitrogen and oxygen atoms in total. The van der Waals surface area contributed by atoms with Crippen LogP contribution in [0.25, 0.3) is 0 Å². The van der Waals surface area contributed by atoms with Crippen molar-refractivity contribution in [2.75, 3.05) is 50.7 Å². The van der Waals surface area contributed by atoms with E-state index in [1.807, 2.05) is 17.0 Å². The van der Waals surface area contributed by atoms with Crippen LogP contribution in [0.3, 0.4) is 0 Å². The summed E-state index contributed by atoms with van der Waals surface area (Å²) in [6.45, 7) is 5.85. The van der Waals surface area contributed by atoms with Gasteiger partial charge in [0.05, 0.1) is 12.6 Å². The van der Waals surface area contributed by atoms with Crippen molar-refractivity contribution in [2.24, 2.45) is 5.92 Å². The Labute approximate surface area is 143 Å². The van der Waals surface area contributed by atoms with Gasteiger partial charge < -0.3 is 10.0 Å². The number of carbonyl (C=O) groups excluding carboxylic acids is 1. The van der Waals surface area contributed by atoms with Crippen LogP contribution in [0, 0.1) is 5.92 Å². The van der Waals surface area contributed by atoms with E-state index in [0.717, 1.165) is 51.4 Å². The highest BCUT2D eigenvalue weighted by Gasteiger charge is 2.32. The molecule has 1 aliphatic carbocycles. The van der Waals surface area contributed by atoms with Crippen molar-refractivity contribution in [3.8, 4) is 0 Å². The average Bonchev–Trinajstić information content (AvgIpc) is 3.36. The molecule has 1 saturated carbocycles. The van der Waals surface area contributed by atoms with Gasteiger partial charge in [-0.15, -0.1) is 0 Å². The molecule has 1 saturated heterocycles. The summed E-state index contributed by atoms with van der Waals surface area (Å²) < 4.78 is 0. The number of piperazine rings is 1. The number of β-amino-alcohol motifs (C(OH)–C–C–N with tert-alkyl or cyclic N) is 1. The summed E-state index contributed by atoms with van der Waals surface area (Å²) in [6, 6.07) is 8.22. The zero-order valence-electron chi connectivity index (χ0n) is 14.2. The van der Waals surface area contributed by atoms with Crippen LogP contribution in [0.15, 0.2) is 24.3 Å². The minimum atomic E-state index is -0.153. The maximum atomic E-state index is 12.7. The van der Waals surface area contributed by atoms with Crippen molar-refractivity contribution >= 4 is 11.6 Å². The van der Waals surface area contributed by atoms with E-state index in [9.17, 15) is 9.90 Å². The van der Waals surface area contributed by atoms with Gasteiger partial charge in [-0.25, -0.2) is 0 Å². The van der Waals surface area contributed by atoms with Crippen LogP contribution in [0.2, 0.25) is 0 Å². The molecule has 4 rings (SSSR count). The van der Waals surface area contributed by atoms with Gasteiger partial charge in [-0.05, 0) is 36.8 Å². The van der Waals surface area contributed by atoms with Gasteiger partial charge in [0.25, 0.3) is 0 Å². The first kappa shape index (κ1) is 16.1. The maximum absolute atomic E-state index is 12.7. The Hall–Kier alpha value is -1.43. The molecule has 130 valence electrons. The van der Waals surface area contributed by atoms with Gasteiger partial charge in [-0.1, -0.05) is 18.2 Å². The number of benzene rings is 1. The largest absolute Gasteiger partial charge is 0.392 e. The Balaban J connectivity index is 1.26. The smallest absolute Gasteiger partial charge is 0.241 e. The summed E-state index contributed by atoms with van der Waals surface area (Å²) in [4.78, 5) is 19.2. The van der Waals surface area contributed by atoms with Crippen LogP contribution in [0.5, 0.6) is 0 Å². The van der Waals surface area contributed by atoms with Gasteiger partial charge in [0.1, 0.15) is 0 Å². The molecule has 0 aromatic heterocycles. The zero-order valence-corrected chi connectivity index (χ0v) is 14.2. The first-order valence-corrected chi connectivity index (χ1v) is 9.22. The van der Waals surface area contributed by atoms with Crippen molar-refractivity contribution < 1.29 is 9.90 Å². The summed E-state index contributed by atoms with van der Waals surface area (Å²) in [5.74, 6) is 0.756. The molecule has 1 aromatic rings. The van der Waals surface area contributed by atoms with E-state index in [2.05, 4.69) is 21.9 Å². The molecule has 1 amide bonds. The second-order valence-corrected chi connectivity index (χ2v) is 7.41. The molecule has 1 atom stereocenters. The third-order valence-corrected chi connectivity index (χ3v) is 5.62. The standard InChI is InChI=1S/C19H27N3O2/c23-18(16-5-6-16)13-20-9-11-21(12-10-20)14-19(24)22-8-7-15-3-1-2-4-17(15)22/h1-4,16,18,23H,5-14H2/t18-/m1/s1. The third kappa shape index (κ3) is 3.48. The summed E-state index contributed by atoms with van der Waals surface area (Å²) >= 11 is 0. The maximum Gasteiger partial charge on any atom is 0.241 e. The number of hydrogen-bond donors (Lipinski definition) is 1. The minimum absolute atomic E-state index is 0.153. The van der Waals surface area contributed by atoms with Crippen LogP contribution in [-0.4, -0.2) is 72.7 Å². The molecular formula is C19H27N3O2. The predicted octanol–water partition coefficient (Wildman–Crippen LogP) is 0.964. The molecule has 0 unspecified atom stereocenters. The number of aliphatic hydroxyl groups is 1. The quantitative estimate of drug-likeness (QED) is 0.874. The molecule has 1 N–H and O–H groups in total. The topological polar surface area (TPSA) is 47.0 Å². The van der Waals surface area contributed by atoms with Gasteiger partial charge in [-0.3, -0.25) is 14.6 Å². The van der Waals surface area contributed by atoms with E-state index in [0.29, 0.717) is 12.5 Å². The summed E-state index contributed by atoms with van der Waals surface area (Å²) in [6.07, 6.45) is 3.19. The lowest BCUT2D eigenvalue weighted by Crippen LogP contribution is -2.51. The van der Waals surface area contributed by atoms with Crippen LogP contribution >= 0.6 is 0 Å². The minimum Gasteiger partial charge on any atom is -0.392 e. The van der Waals surface area contributed by atoms with Gasteiger partial charge in [0.15, 0.2) is 0 Å². The normalized spacial score (nSPS) is 23.3. The second-order valence-electron chi connectivity index (χ2n) is 7.41. The molecular weight excluding hydrogens is 302 g/mol. The van der Waals surface area contributed by atoms with Crippen LogP contribution in [-0.2, 0) is 11.2 Å². The third-order valence-electron chi connectivity index (χ3n) is 5.62. The summed E-state index contributed by atoms with van der Waals surface area (Å²) in [5, 5.41) is 10.1. The van der Waals surface area contributed by atoms with Crippen molar-refractivity contribution in [1.82, 2.24) is 9.80 Å². The number of hydrogen-bond acceptors (Lipinski definition) is 4. The van der Waals surface area contributed by atoms with E-state index in [1.54, 1.807) is 0 Å². The monoisotopic (exact) mass is 329 g/mol.